The summed E-state index contributed by atoms with van der Waals surface area (Å²) in [6.45, 7) is 1.73. The molecule has 0 aliphatic carbocycles. The molecule has 0 aliphatic heterocycles. The minimum absolute atomic E-state index is 0.114. The zero-order valence-corrected chi connectivity index (χ0v) is 15.1. The van der Waals surface area contributed by atoms with Crippen molar-refractivity contribution in [3.63, 3.8) is 0 Å². The van der Waals surface area contributed by atoms with Crippen molar-refractivity contribution in [3.8, 4) is 0 Å². The molecule has 24 heavy (non-hydrogen) atoms. The third-order valence-corrected chi connectivity index (χ3v) is 5.67. The first-order chi connectivity index (χ1) is 11.2. The first-order valence-corrected chi connectivity index (χ1v) is 9.03. The average Bonchev–Trinajstić information content (AvgIpc) is 2.55. The molecule has 7 heteroatoms. The number of carbonyl (C=O) groups is 1. The molecule has 0 aromatic heterocycles. The van der Waals surface area contributed by atoms with Crippen LogP contribution in [0.1, 0.15) is 28.9 Å². The van der Waals surface area contributed by atoms with Gasteiger partial charge < -0.3 is 4.74 Å². The van der Waals surface area contributed by atoms with Crippen molar-refractivity contribution in [1.82, 2.24) is 4.31 Å². The van der Waals surface area contributed by atoms with Gasteiger partial charge in [-0.15, -0.1) is 0 Å². The fourth-order valence-corrected chi connectivity index (χ4v) is 3.26. The van der Waals surface area contributed by atoms with Crippen molar-refractivity contribution in [2.45, 2.75) is 17.9 Å². The zero-order valence-electron chi connectivity index (χ0n) is 13.6. The lowest BCUT2D eigenvalue weighted by atomic mass is 10.1. The van der Waals surface area contributed by atoms with Gasteiger partial charge in [0.05, 0.1) is 10.5 Å². The molecule has 2 aromatic rings. The van der Waals surface area contributed by atoms with Crippen LogP contribution in [0.15, 0.2) is 53.4 Å². The quantitative estimate of drug-likeness (QED) is 0.758. The van der Waals surface area contributed by atoms with E-state index in [2.05, 4.69) is 0 Å². The van der Waals surface area contributed by atoms with E-state index in [1.54, 1.807) is 25.1 Å². The number of sulfonamides is 1. The highest BCUT2D eigenvalue weighted by atomic mass is 35.5. The van der Waals surface area contributed by atoms with Crippen LogP contribution in [0, 0.1) is 0 Å². The number of benzene rings is 2. The summed E-state index contributed by atoms with van der Waals surface area (Å²) in [6.07, 6.45) is -0.517. The van der Waals surface area contributed by atoms with Crippen LogP contribution in [-0.4, -0.2) is 32.8 Å². The first kappa shape index (κ1) is 18.4. The SMILES string of the molecule is C[C@H](OC(=O)c1ccc(S(=O)(=O)N(C)C)cc1)c1ccccc1Cl. The number of esters is 1. The molecule has 0 saturated heterocycles. The zero-order chi connectivity index (χ0) is 17.9. The summed E-state index contributed by atoms with van der Waals surface area (Å²) < 4.78 is 30.5. The normalized spacial score (nSPS) is 12.9. The number of hydrogen-bond donors (Lipinski definition) is 0. The van der Waals surface area contributed by atoms with Crippen LogP contribution in [0.4, 0.5) is 0 Å². The molecule has 0 heterocycles. The summed E-state index contributed by atoms with van der Waals surface area (Å²) in [5, 5.41) is 0.519. The van der Waals surface area contributed by atoms with E-state index in [0.717, 1.165) is 4.31 Å². The largest absolute Gasteiger partial charge is 0.454 e. The Labute approximate surface area is 146 Å². The van der Waals surface area contributed by atoms with Crippen LogP contribution in [-0.2, 0) is 14.8 Å². The summed E-state index contributed by atoms with van der Waals surface area (Å²) in [5.74, 6) is -0.545. The summed E-state index contributed by atoms with van der Waals surface area (Å²) in [7, 11) is -0.633. The fraction of sp³-hybridized carbons (Fsp3) is 0.235. The second-order valence-corrected chi connectivity index (χ2v) is 7.94. The first-order valence-electron chi connectivity index (χ1n) is 7.21. The number of hydrogen-bond acceptors (Lipinski definition) is 4. The molecular formula is C17H18ClNO4S. The highest BCUT2D eigenvalue weighted by Crippen LogP contribution is 2.26. The lowest BCUT2D eigenvalue weighted by Crippen LogP contribution is -2.22. The number of carbonyl (C=O) groups excluding carboxylic acids is 1. The predicted octanol–water partition coefficient (Wildman–Crippen LogP) is 3.51. The smallest absolute Gasteiger partial charge is 0.338 e. The molecule has 0 saturated carbocycles. The molecule has 0 radical (unpaired) electrons. The lowest BCUT2D eigenvalue weighted by molar-refractivity contribution is 0.0338. The molecule has 128 valence electrons. The van der Waals surface area contributed by atoms with E-state index in [9.17, 15) is 13.2 Å². The van der Waals surface area contributed by atoms with Crippen LogP contribution in [0.25, 0.3) is 0 Å². The summed E-state index contributed by atoms with van der Waals surface area (Å²) >= 11 is 6.09. The Morgan fingerprint density at radius 2 is 1.67 bits per heavy atom. The van der Waals surface area contributed by atoms with Gasteiger partial charge in [-0.25, -0.2) is 17.5 Å². The number of halogens is 1. The van der Waals surface area contributed by atoms with Gasteiger partial charge in [-0.3, -0.25) is 0 Å². The standard InChI is InChI=1S/C17H18ClNO4S/c1-12(15-6-4-5-7-16(15)18)23-17(20)13-8-10-14(11-9-13)24(21,22)19(2)3/h4-12H,1-3H3/t12-/m0/s1. The van der Waals surface area contributed by atoms with Crippen molar-refractivity contribution in [3.05, 3.63) is 64.7 Å². The monoisotopic (exact) mass is 367 g/mol. The number of ether oxygens (including phenoxy) is 1. The second kappa shape index (κ2) is 7.34. The molecule has 1 atom stereocenters. The third-order valence-electron chi connectivity index (χ3n) is 3.50. The summed E-state index contributed by atoms with van der Waals surface area (Å²) in [6, 6.07) is 12.7. The van der Waals surface area contributed by atoms with Gasteiger partial charge >= 0.3 is 5.97 Å². The number of rotatable bonds is 5. The minimum atomic E-state index is -3.53. The molecule has 0 aliphatic rings. The molecule has 2 rings (SSSR count). The van der Waals surface area contributed by atoms with Gasteiger partial charge in [0.1, 0.15) is 6.10 Å². The molecule has 2 aromatic carbocycles. The maximum absolute atomic E-state index is 12.2. The second-order valence-electron chi connectivity index (χ2n) is 5.38. The van der Waals surface area contributed by atoms with Gasteiger partial charge in [0.15, 0.2) is 0 Å². The van der Waals surface area contributed by atoms with Crippen molar-refractivity contribution in [1.29, 1.82) is 0 Å². The fourth-order valence-electron chi connectivity index (χ4n) is 2.07. The maximum atomic E-state index is 12.2. The van der Waals surface area contributed by atoms with Crippen molar-refractivity contribution < 1.29 is 17.9 Å². The average molecular weight is 368 g/mol. The van der Waals surface area contributed by atoms with Crippen molar-refractivity contribution >= 4 is 27.6 Å². The highest BCUT2D eigenvalue weighted by molar-refractivity contribution is 7.89. The Balaban J connectivity index is 2.15. The van der Waals surface area contributed by atoms with Gasteiger partial charge in [0, 0.05) is 24.7 Å². The van der Waals surface area contributed by atoms with Crippen molar-refractivity contribution in [2.24, 2.45) is 0 Å². The highest BCUT2D eigenvalue weighted by Gasteiger charge is 2.19. The van der Waals surface area contributed by atoms with E-state index >= 15 is 0 Å². The van der Waals surface area contributed by atoms with E-state index in [0.29, 0.717) is 10.6 Å². The van der Waals surface area contributed by atoms with Crippen LogP contribution in [0.3, 0.4) is 0 Å². The number of nitrogens with zero attached hydrogens (tertiary/aromatic N) is 1. The molecule has 0 unspecified atom stereocenters. The summed E-state index contributed by atoms with van der Waals surface area (Å²) in [4.78, 5) is 12.3. The molecule has 0 bridgehead atoms. The maximum Gasteiger partial charge on any atom is 0.338 e. The Kier molecular flexibility index (Phi) is 5.64. The lowest BCUT2D eigenvalue weighted by Gasteiger charge is -2.15. The topological polar surface area (TPSA) is 63.7 Å². The van der Waals surface area contributed by atoms with E-state index in [1.165, 1.54) is 38.4 Å². The van der Waals surface area contributed by atoms with Crippen LogP contribution < -0.4 is 0 Å². The van der Waals surface area contributed by atoms with E-state index in [1.807, 2.05) is 6.07 Å². The molecular weight excluding hydrogens is 350 g/mol. The van der Waals surface area contributed by atoms with Gasteiger partial charge in [-0.1, -0.05) is 29.8 Å². The van der Waals surface area contributed by atoms with Gasteiger partial charge in [-0.05, 0) is 37.3 Å². The summed E-state index contributed by atoms with van der Waals surface area (Å²) in [5.41, 5.74) is 0.978. The van der Waals surface area contributed by atoms with Crippen LogP contribution in [0.5, 0.6) is 0 Å². The Bertz CT molecular complexity index is 832. The Hall–Kier alpha value is -1.89. The third kappa shape index (κ3) is 3.95. The molecule has 0 fully saturated rings. The van der Waals surface area contributed by atoms with Crippen LogP contribution in [0.2, 0.25) is 5.02 Å². The van der Waals surface area contributed by atoms with E-state index < -0.39 is 22.1 Å². The van der Waals surface area contributed by atoms with Gasteiger partial charge in [0.25, 0.3) is 0 Å². The van der Waals surface area contributed by atoms with Crippen LogP contribution >= 0.6 is 11.6 Å². The molecule has 0 spiro atoms. The Morgan fingerprint density at radius 3 is 2.21 bits per heavy atom. The van der Waals surface area contributed by atoms with E-state index in [-0.39, 0.29) is 10.5 Å². The van der Waals surface area contributed by atoms with Crippen molar-refractivity contribution in [2.75, 3.05) is 14.1 Å². The molecule has 5 nitrogen and oxygen atoms in total. The van der Waals surface area contributed by atoms with Gasteiger partial charge in [-0.2, -0.15) is 0 Å². The van der Waals surface area contributed by atoms with Gasteiger partial charge in [0.2, 0.25) is 10.0 Å². The molecule has 0 amide bonds. The van der Waals surface area contributed by atoms with E-state index in [4.69, 9.17) is 16.3 Å². The molecule has 0 N–H and O–H groups in total. The predicted molar refractivity (Wildman–Crippen MR) is 92.6 cm³/mol. The minimum Gasteiger partial charge on any atom is -0.454 e. The Morgan fingerprint density at radius 1 is 1.08 bits per heavy atom.